The third-order valence-electron chi connectivity index (χ3n) is 2.41. The van der Waals surface area contributed by atoms with Gasteiger partial charge in [0.1, 0.15) is 17.3 Å². The van der Waals surface area contributed by atoms with Crippen molar-refractivity contribution in [2.45, 2.75) is 18.8 Å². The minimum atomic E-state index is -4.34. The Bertz CT molecular complexity index is 578. The van der Waals surface area contributed by atoms with Crippen LogP contribution in [-0.2, 0) is 13.6 Å². The molecule has 0 aliphatic heterocycles. The number of halogens is 4. The van der Waals surface area contributed by atoms with Crippen LogP contribution in [0, 0.1) is 0 Å². The SMILES string of the molecule is Cn1cc(C(O)c2cnn(CC(F)(F)F)c2)c(Br)n1. The van der Waals surface area contributed by atoms with Crippen molar-refractivity contribution < 1.29 is 18.3 Å². The van der Waals surface area contributed by atoms with E-state index in [1.165, 1.54) is 10.9 Å². The summed E-state index contributed by atoms with van der Waals surface area (Å²) in [5, 5.41) is 17.6. The van der Waals surface area contributed by atoms with Crippen molar-refractivity contribution >= 4 is 15.9 Å². The number of aromatic nitrogens is 4. The second-order valence-corrected chi connectivity index (χ2v) is 4.79. The van der Waals surface area contributed by atoms with E-state index in [9.17, 15) is 18.3 Å². The average molecular weight is 339 g/mol. The fraction of sp³-hybridized carbons (Fsp3) is 0.400. The Kier molecular flexibility index (Phi) is 3.68. The molecule has 1 N–H and O–H groups in total. The lowest BCUT2D eigenvalue weighted by molar-refractivity contribution is -0.142. The lowest BCUT2D eigenvalue weighted by Gasteiger charge is -2.07. The molecule has 2 aromatic rings. The predicted molar refractivity (Wildman–Crippen MR) is 63.3 cm³/mol. The molecule has 2 rings (SSSR count). The molecule has 0 amide bonds. The normalized spacial score (nSPS) is 13.8. The number of hydrogen-bond donors (Lipinski definition) is 1. The highest BCUT2D eigenvalue weighted by atomic mass is 79.9. The molecule has 0 fully saturated rings. The number of alkyl halides is 3. The summed E-state index contributed by atoms with van der Waals surface area (Å²) in [4.78, 5) is 0. The number of rotatable bonds is 3. The largest absolute Gasteiger partial charge is 0.408 e. The molecule has 0 saturated heterocycles. The third-order valence-corrected chi connectivity index (χ3v) is 3.03. The zero-order chi connectivity index (χ0) is 14.2. The zero-order valence-electron chi connectivity index (χ0n) is 9.76. The quantitative estimate of drug-likeness (QED) is 0.931. The van der Waals surface area contributed by atoms with Crippen LogP contribution in [0.4, 0.5) is 13.2 Å². The first-order valence-corrected chi connectivity index (χ1v) is 6.02. The van der Waals surface area contributed by atoms with Crippen LogP contribution in [0.15, 0.2) is 23.2 Å². The van der Waals surface area contributed by atoms with Crippen molar-refractivity contribution in [3.63, 3.8) is 0 Å². The molecular formula is C10H10BrF3N4O. The van der Waals surface area contributed by atoms with E-state index in [0.717, 1.165) is 10.9 Å². The van der Waals surface area contributed by atoms with Gasteiger partial charge in [-0.2, -0.15) is 23.4 Å². The van der Waals surface area contributed by atoms with Crippen molar-refractivity contribution in [1.82, 2.24) is 19.6 Å². The fourth-order valence-electron chi connectivity index (χ4n) is 1.63. The van der Waals surface area contributed by atoms with Gasteiger partial charge in [-0.15, -0.1) is 0 Å². The number of aryl methyl sites for hydroxylation is 1. The minimum absolute atomic E-state index is 0.276. The van der Waals surface area contributed by atoms with Crippen molar-refractivity contribution in [1.29, 1.82) is 0 Å². The minimum Gasteiger partial charge on any atom is -0.383 e. The molecule has 0 saturated carbocycles. The predicted octanol–water partition coefficient (Wildman–Crippen LogP) is 2.02. The molecule has 0 aliphatic rings. The molecule has 2 heterocycles. The lowest BCUT2D eigenvalue weighted by atomic mass is 10.1. The number of aliphatic hydroxyl groups is 1. The third kappa shape index (κ3) is 3.35. The van der Waals surface area contributed by atoms with E-state index in [4.69, 9.17) is 0 Å². The van der Waals surface area contributed by atoms with Gasteiger partial charge in [-0.1, -0.05) is 0 Å². The zero-order valence-corrected chi connectivity index (χ0v) is 11.4. The summed E-state index contributed by atoms with van der Waals surface area (Å²) < 4.78 is 39.3. The summed E-state index contributed by atoms with van der Waals surface area (Å²) in [6.45, 7) is -1.19. The molecule has 0 bridgehead atoms. The molecule has 104 valence electrons. The Balaban J connectivity index is 2.21. The maximum Gasteiger partial charge on any atom is 0.408 e. The van der Waals surface area contributed by atoms with Gasteiger partial charge in [-0.05, 0) is 15.9 Å². The van der Waals surface area contributed by atoms with Gasteiger partial charge in [0.2, 0.25) is 0 Å². The van der Waals surface area contributed by atoms with Gasteiger partial charge in [0.25, 0.3) is 0 Å². The van der Waals surface area contributed by atoms with E-state index in [1.807, 2.05) is 0 Å². The summed E-state index contributed by atoms with van der Waals surface area (Å²) in [6.07, 6.45) is -1.48. The Hall–Kier alpha value is -1.35. The summed E-state index contributed by atoms with van der Waals surface area (Å²) in [7, 11) is 1.67. The number of hydrogen-bond acceptors (Lipinski definition) is 3. The van der Waals surface area contributed by atoms with Crippen LogP contribution in [0.1, 0.15) is 17.2 Å². The molecule has 0 aromatic carbocycles. The first kappa shape index (κ1) is 14.1. The van der Waals surface area contributed by atoms with Crippen LogP contribution in [0.25, 0.3) is 0 Å². The molecule has 9 heteroatoms. The molecular weight excluding hydrogens is 329 g/mol. The van der Waals surface area contributed by atoms with Gasteiger partial charge in [0, 0.05) is 30.6 Å². The second-order valence-electron chi connectivity index (χ2n) is 4.04. The second kappa shape index (κ2) is 4.97. The standard InChI is InChI=1S/C10H10BrF3N4O/c1-17-4-7(9(11)16-17)8(19)6-2-15-18(3-6)5-10(12,13)14/h2-4,8,19H,5H2,1H3. The molecule has 5 nitrogen and oxygen atoms in total. The molecule has 0 spiro atoms. The number of nitrogens with zero attached hydrogens (tertiary/aromatic N) is 4. The molecule has 1 unspecified atom stereocenters. The van der Waals surface area contributed by atoms with Crippen LogP contribution in [0.2, 0.25) is 0 Å². The summed E-state index contributed by atoms with van der Waals surface area (Å²) in [5.41, 5.74) is 0.743. The van der Waals surface area contributed by atoms with Crippen LogP contribution in [-0.4, -0.2) is 30.8 Å². The molecule has 0 radical (unpaired) electrons. The highest BCUT2D eigenvalue weighted by Crippen LogP contribution is 2.27. The summed E-state index contributed by atoms with van der Waals surface area (Å²) in [5.74, 6) is 0. The van der Waals surface area contributed by atoms with Gasteiger partial charge in [-0.25, -0.2) is 0 Å². The smallest absolute Gasteiger partial charge is 0.383 e. The van der Waals surface area contributed by atoms with E-state index in [2.05, 4.69) is 26.1 Å². The molecule has 19 heavy (non-hydrogen) atoms. The topological polar surface area (TPSA) is 55.9 Å². The van der Waals surface area contributed by atoms with Gasteiger partial charge in [-0.3, -0.25) is 9.36 Å². The van der Waals surface area contributed by atoms with E-state index in [1.54, 1.807) is 13.2 Å². The molecule has 1 atom stereocenters. The van der Waals surface area contributed by atoms with Crippen LogP contribution >= 0.6 is 15.9 Å². The number of aliphatic hydroxyl groups excluding tert-OH is 1. The Morgan fingerprint density at radius 3 is 2.63 bits per heavy atom. The van der Waals surface area contributed by atoms with Gasteiger partial charge < -0.3 is 5.11 Å². The van der Waals surface area contributed by atoms with Crippen LogP contribution in [0.5, 0.6) is 0 Å². The van der Waals surface area contributed by atoms with Crippen molar-refractivity contribution in [2.24, 2.45) is 7.05 Å². The van der Waals surface area contributed by atoms with E-state index < -0.39 is 18.8 Å². The summed E-state index contributed by atoms with van der Waals surface area (Å²) >= 11 is 3.17. The van der Waals surface area contributed by atoms with E-state index >= 15 is 0 Å². The maximum absolute atomic E-state index is 12.2. The Morgan fingerprint density at radius 2 is 2.11 bits per heavy atom. The van der Waals surface area contributed by atoms with Crippen molar-refractivity contribution in [2.75, 3.05) is 0 Å². The summed E-state index contributed by atoms with van der Waals surface area (Å²) in [6, 6.07) is 0. The van der Waals surface area contributed by atoms with Gasteiger partial charge in [0.15, 0.2) is 0 Å². The van der Waals surface area contributed by atoms with Crippen molar-refractivity contribution in [3.8, 4) is 0 Å². The highest BCUT2D eigenvalue weighted by molar-refractivity contribution is 9.10. The average Bonchev–Trinajstić information content (AvgIpc) is 2.82. The van der Waals surface area contributed by atoms with Crippen LogP contribution < -0.4 is 0 Å². The molecule has 2 aromatic heterocycles. The van der Waals surface area contributed by atoms with Gasteiger partial charge >= 0.3 is 6.18 Å². The highest BCUT2D eigenvalue weighted by Gasteiger charge is 2.29. The molecule has 0 aliphatic carbocycles. The Labute approximate surface area is 114 Å². The maximum atomic E-state index is 12.2. The van der Waals surface area contributed by atoms with E-state index in [0.29, 0.717) is 10.2 Å². The van der Waals surface area contributed by atoms with E-state index in [-0.39, 0.29) is 5.56 Å². The lowest BCUT2D eigenvalue weighted by Crippen LogP contribution is -2.17. The van der Waals surface area contributed by atoms with Crippen LogP contribution in [0.3, 0.4) is 0 Å². The fourth-order valence-corrected chi connectivity index (χ4v) is 2.20. The Morgan fingerprint density at radius 1 is 1.42 bits per heavy atom. The monoisotopic (exact) mass is 338 g/mol. The van der Waals surface area contributed by atoms with Crippen molar-refractivity contribution in [3.05, 3.63) is 34.3 Å². The first-order chi connectivity index (χ1) is 8.76. The van der Waals surface area contributed by atoms with Gasteiger partial charge in [0.05, 0.1) is 6.20 Å². The first-order valence-electron chi connectivity index (χ1n) is 5.22.